The van der Waals surface area contributed by atoms with Crippen molar-refractivity contribution in [2.24, 2.45) is 0 Å². The van der Waals surface area contributed by atoms with Crippen molar-refractivity contribution in [1.29, 1.82) is 0 Å². The Morgan fingerprint density at radius 2 is 1.63 bits per heavy atom. The second-order valence-corrected chi connectivity index (χ2v) is 3.95. The smallest absolute Gasteiger partial charge is 0.341 e. The van der Waals surface area contributed by atoms with Gasteiger partial charge in [-0.1, -0.05) is 18.2 Å². The summed E-state index contributed by atoms with van der Waals surface area (Å²) in [4.78, 5) is 11.6. The Morgan fingerprint density at radius 3 is 2.21 bits per heavy atom. The second kappa shape index (κ2) is 5.44. The van der Waals surface area contributed by atoms with Crippen LogP contribution in [0.5, 0.6) is 11.5 Å². The number of methoxy groups -OCH3 is 2. The highest BCUT2D eigenvalue weighted by molar-refractivity contribution is 5.93. The molecule has 0 saturated carbocycles. The Kier molecular flexibility index (Phi) is 3.71. The Hall–Kier alpha value is -2.49. The molecule has 0 spiro atoms. The summed E-state index contributed by atoms with van der Waals surface area (Å²) >= 11 is 0. The molecule has 2 aromatic carbocycles. The van der Waals surface area contributed by atoms with Crippen molar-refractivity contribution in [3.8, 4) is 22.6 Å². The summed E-state index contributed by atoms with van der Waals surface area (Å²) in [5, 5.41) is 9.27. The van der Waals surface area contributed by atoms with Crippen LogP contribution in [0.1, 0.15) is 10.4 Å². The first kappa shape index (κ1) is 13.0. The number of phenols is 1. The van der Waals surface area contributed by atoms with Crippen LogP contribution in [0.2, 0.25) is 0 Å². The molecule has 0 heterocycles. The van der Waals surface area contributed by atoms with Crippen molar-refractivity contribution in [1.82, 2.24) is 0 Å². The fourth-order valence-corrected chi connectivity index (χ4v) is 1.80. The first-order chi connectivity index (χ1) is 9.15. The van der Waals surface area contributed by atoms with E-state index in [2.05, 4.69) is 4.74 Å². The Labute approximate surface area is 111 Å². The fourth-order valence-electron chi connectivity index (χ4n) is 1.80. The zero-order valence-corrected chi connectivity index (χ0v) is 10.7. The Balaban J connectivity index is 2.44. The van der Waals surface area contributed by atoms with Crippen LogP contribution < -0.4 is 4.74 Å². The van der Waals surface area contributed by atoms with Gasteiger partial charge in [-0.15, -0.1) is 0 Å². The number of aromatic hydroxyl groups is 1. The number of phenolic OH excluding ortho intramolecular Hbond substituents is 1. The zero-order valence-electron chi connectivity index (χ0n) is 10.7. The first-order valence-electron chi connectivity index (χ1n) is 5.71. The molecule has 0 aliphatic rings. The molecule has 1 N–H and O–H groups in total. The summed E-state index contributed by atoms with van der Waals surface area (Å²) in [5.74, 6) is 0.230. The van der Waals surface area contributed by atoms with Gasteiger partial charge >= 0.3 is 5.97 Å². The predicted molar refractivity (Wildman–Crippen MR) is 71.4 cm³/mol. The minimum atomic E-state index is -0.436. The van der Waals surface area contributed by atoms with Crippen LogP contribution in [0.4, 0.5) is 0 Å². The molecule has 0 aromatic heterocycles. The highest BCUT2D eigenvalue weighted by Crippen LogP contribution is 2.28. The third-order valence-electron chi connectivity index (χ3n) is 2.81. The molecule has 0 aliphatic heterocycles. The molecule has 0 bridgehead atoms. The second-order valence-electron chi connectivity index (χ2n) is 3.95. The predicted octanol–water partition coefficient (Wildman–Crippen LogP) is 2.85. The van der Waals surface area contributed by atoms with Crippen LogP contribution in [0.15, 0.2) is 42.5 Å². The SMILES string of the molecule is COC(=O)c1ccc(-c2ccc(O)cc2)cc1OC. The third-order valence-corrected chi connectivity index (χ3v) is 2.81. The number of benzene rings is 2. The van der Waals surface area contributed by atoms with E-state index < -0.39 is 5.97 Å². The van der Waals surface area contributed by atoms with Crippen LogP contribution in [-0.2, 0) is 4.74 Å². The van der Waals surface area contributed by atoms with E-state index >= 15 is 0 Å². The van der Waals surface area contributed by atoms with Gasteiger partial charge < -0.3 is 14.6 Å². The number of hydrogen-bond donors (Lipinski definition) is 1. The molecule has 0 saturated heterocycles. The lowest BCUT2D eigenvalue weighted by Crippen LogP contribution is -2.04. The van der Waals surface area contributed by atoms with Crippen LogP contribution in [0.25, 0.3) is 11.1 Å². The molecule has 0 atom stereocenters. The van der Waals surface area contributed by atoms with E-state index in [0.29, 0.717) is 11.3 Å². The Bertz CT molecular complexity index is 588. The maximum atomic E-state index is 11.6. The summed E-state index contributed by atoms with van der Waals surface area (Å²) < 4.78 is 9.89. The molecule has 0 aliphatic carbocycles. The average molecular weight is 258 g/mol. The fraction of sp³-hybridized carbons (Fsp3) is 0.133. The number of ether oxygens (including phenoxy) is 2. The number of carbonyl (C=O) groups is 1. The van der Waals surface area contributed by atoms with Crippen LogP contribution in [0, 0.1) is 0 Å². The van der Waals surface area contributed by atoms with Gasteiger partial charge in [-0.25, -0.2) is 4.79 Å². The minimum Gasteiger partial charge on any atom is -0.508 e. The zero-order chi connectivity index (χ0) is 13.8. The van der Waals surface area contributed by atoms with Gasteiger partial charge in [0.2, 0.25) is 0 Å². The highest BCUT2D eigenvalue weighted by atomic mass is 16.5. The lowest BCUT2D eigenvalue weighted by atomic mass is 10.0. The molecule has 4 heteroatoms. The maximum Gasteiger partial charge on any atom is 0.341 e. The lowest BCUT2D eigenvalue weighted by Gasteiger charge is -2.09. The summed E-state index contributed by atoms with van der Waals surface area (Å²) in [7, 11) is 2.83. The van der Waals surface area contributed by atoms with Crippen molar-refractivity contribution in [3.63, 3.8) is 0 Å². The molecule has 0 unspecified atom stereocenters. The molecule has 2 aromatic rings. The molecule has 0 amide bonds. The summed E-state index contributed by atoms with van der Waals surface area (Å²) in [6.45, 7) is 0. The van der Waals surface area contributed by atoms with E-state index in [4.69, 9.17) is 4.74 Å². The standard InChI is InChI=1S/C15H14O4/c1-18-14-9-11(5-8-13(14)15(17)19-2)10-3-6-12(16)7-4-10/h3-9,16H,1-2H3. The van der Waals surface area contributed by atoms with E-state index in [9.17, 15) is 9.90 Å². The molecule has 98 valence electrons. The molecular formula is C15H14O4. The molecular weight excluding hydrogens is 244 g/mol. The minimum absolute atomic E-state index is 0.210. The van der Waals surface area contributed by atoms with Gasteiger partial charge in [-0.05, 0) is 35.4 Å². The molecule has 2 rings (SSSR count). The van der Waals surface area contributed by atoms with E-state index in [1.165, 1.54) is 14.2 Å². The van der Waals surface area contributed by atoms with E-state index in [1.807, 2.05) is 0 Å². The van der Waals surface area contributed by atoms with Crippen molar-refractivity contribution >= 4 is 5.97 Å². The molecule has 19 heavy (non-hydrogen) atoms. The number of esters is 1. The van der Waals surface area contributed by atoms with Gasteiger partial charge in [0.25, 0.3) is 0 Å². The molecule has 0 fully saturated rings. The van der Waals surface area contributed by atoms with Crippen molar-refractivity contribution < 1.29 is 19.4 Å². The third kappa shape index (κ3) is 2.68. The van der Waals surface area contributed by atoms with Gasteiger partial charge in [0.1, 0.15) is 17.1 Å². The van der Waals surface area contributed by atoms with E-state index in [-0.39, 0.29) is 5.75 Å². The number of rotatable bonds is 3. The Morgan fingerprint density at radius 1 is 1.00 bits per heavy atom. The average Bonchev–Trinajstić information content (AvgIpc) is 2.46. The topological polar surface area (TPSA) is 55.8 Å². The number of carbonyl (C=O) groups excluding carboxylic acids is 1. The molecule has 0 radical (unpaired) electrons. The summed E-state index contributed by atoms with van der Waals surface area (Å²) in [6, 6.07) is 12.0. The van der Waals surface area contributed by atoms with E-state index in [0.717, 1.165) is 11.1 Å². The number of hydrogen-bond acceptors (Lipinski definition) is 4. The quantitative estimate of drug-likeness (QED) is 0.860. The van der Waals surface area contributed by atoms with Crippen LogP contribution >= 0.6 is 0 Å². The van der Waals surface area contributed by atoms with Gasteiger partial charge in [-0.3, -0.25) is 0 Å². The maximum absolute atomic E-state index is 11.6. The first-order valence-corrected chi connectivity index (χ1v) is 5.71. The highest BCUT2D eigenvalue weighted by Gasteiger charge is 2.13. The largest absolute Gasteiger partial charge is 0.508 e. The van der Waals surface area contributed by atoms with E-state index in [1.54, 1.807) is 42.5 Å². The monoisotopic (exact) mass is 258 g/mol. The summed E-state index contributed by atoms with van der Waals surface area (Å²) in [6.07, 6.45) is 0. The van der Waals surface area contributed by atoms with Crippen LogP contribution in [0.3, 0.4) is 0 Å². The molecule has 4 nitrogen and oxygen atoms in total. The lowest BCUT2D eigenvalue weighted by molar-refractivity contribution is 0.0597. The summed E-state index contributed by atoms with van der Waals surface area (Å²) in [5.41, 5.74) is 2.20. The van der Waals surface area contributed by atoms with Gasteiger partial charge in [0, 0.05) is 0 Å². The normalized spacial score (nSPS) is 10.0. The van der Waals surface area contributed by atoms with Gasteiger partial charge in [0.05, 0.1) is 14.2 Å². The van der Waals surface area contributed by atoms with Crippen molar-refractivity contribution in [2.45, 2.75) is 0 Å². The van der Waals surface area contributed by atoms with Crippen molar-refractivity contribution in [2.75, 3.05) is 14.2 Å². The van der Waals surface area contributed by atoms with Crippen LogP contribution in [-0.4, -0.2) is 25.3 Å². The van der Waals surface area contributed by atoms with Crippen molar-refractivity contribution in [3.05, 3.63) is 48.0 Å². The van der Waals surface area contributed by atoms with Gasteiger partial charge in [-0.2, -0.15) is 0 Å². The van der Waals surface area contributed by atoms with Gasteiger partial charge in [0.15, 0.2) is 0 Å².